The summed E-state index contributed by atoms with van der Waals surface area (Å²) >= 11 is 0. The number of amides is 2. The molecule has 110 valence electrons. The van der Waals surface area contributed by atoms with E-state index in [4.69, 9.17) is 5.11 Å². The Labute approximate surface area is 109 Å². The molecule has 8 heteroatoms. The van der Waals surface area contributed by atoms with Gasteiger partial charge < -0.3 is 14.9 Å². The van der Waals surface area contributed by atoms with Gasteiger partial charge in [0.05, 0.1) is 5.92 Å². The number of urea groups is 1. The van der Waals surface area contributed by atoms with Gasteiger partial charge in [0.1, 0.15) is 6.54 Å². The summed E-state index contributed by atoms with van der Waals surface area (Å²) in [4.78, 5) is 24.6. The molecule has 0 spiro atoms. The highest BCUT2D eigenvalue weighted by molar-refractivity contribution is 5.77. The number of hydrogen-bond acceptors (Lipinski definition) is 2. The molecule has 1 saturated heterocycles. The van der Waals surface area contributed by atoms with Crippen molar-refractivity contribution in [3.8, 4) is 0 Å². The number of halogens is 3. The summed E-state index contributed by atoms with van der Waals surface area (Å²) in [6.45, 7) is 1.81. The molecule has 1 atom stereocenters. The van der Waals surface area contributed by atoms with Crippen LogP contribution in [0.3, 0.4) is 0 Å². The third-order valence-electron chi connectivity index (χ3n) is 3.03. The van der Waals surface area contributed by atoms with Gasteiger partial charge in [-0.1, -0.05) is 0 Å². The molecule has 5 nitrogen and oxygen atoms in total. The van der Waals surface area contributed by atoms with E-state index in [1.807, 2.05) is 0 Å². The average molecular weight is 282 g/mol. The van der Waals surface area contributed by atoms with Gasteiger partial charge >= 0.3 is 18.2 Å². The van der Waals surface area contributed by atoms with Crippen LogP contribution < -0.4 is 0 Å². The molecule has 1 aliphatic rings. The van der Waals surface area contributed by atoms with Gasteiger partial charge in [-0.05, 0) is 20.3 Å². The Morgan fingerprint density at radius 3 is 2.37 bits per heavy atom. The van der Waals surface area contributed by atoms with E-state index in [1.165, 1.54) is 18.7 Å². The fourth-order valence-electron chi connectivity index (χ4n) is 1.98. The lowest BCUT2D eigenvalue weighted by Crippen LogP contribution is -2.49. The van der Waals surface area contributed by atoms with Crippen LogP contribution in [0, 0.1) is 5.92 Å². The molecule has 1 fully saturated rings. The van der Waals surface area contributed by atoms with Crippen LogP contribution in [-0.4, -0.2) is 58.8 Å². The normalized spacial score (nSPS) is 19.9. The molecule has 1 rings (SSSR count). The van der Waals surface area contributed by atoms with Gasteiger partial charge in [0.2, 0.25) is 0 Å². The fraction of sp³-hybridized carbons (Fsp3) is 0.818. The van der Waals surface area contributed by atoms with E-state index in [9.17, 15) is 22.8 Å². The number of likely N-dealkylation sites (tertiary alicyclic amines) is 1. The van der Waals surface area contributed by atoms with Crippen LogP contribution in [0.1, 0.15) is 20.3 Å². The Bertz CT molecular complexity index is 358. The largest absolute Gasteiger partial charge is 0.481 e. The maximum absolute atomic E-state index is 12.4. The van der Waals surface area contributed by atoms with Gasteiger partial charge in [0.15, 0.2) is 0 Å². The molecule has 0 bridgehead atoms. The summed E-state index contributed by atoms with van der Waals surface area (Å²) in [7, 11) is 0. The van der Waals surface area contributed by atoms with E-state index in [0.29, 0.717) is 4.90 Å². The van der Waals surface area contributed by atoms with Crippen molar-refractivity contribution in [2.45, 2.75) is 32.5 Å². The molecule has 0 radical (unpaired) electrons. The van der Waals surface area contributed by atoms with E-state index in [0.717, 1.165) is 0 Å². The molecule has 2 amide bonds. The van der Waals surface area contributed by atoms with Crippen LogP contribution in [0.15, 0.2) is 0 Å². The summed E-state index contributed by atoms with van der Waals surface area (Å²) in [5.41, 5.74) is 0. The highest BCUT2D eigenvalue weighted by Gasteiger charge is 2.38. The number of alkyl halides is 3. The number of hydrogen-bond donors (Lipinski definition) is 1. The number of carbonyl (C=O) groups is 2. The highest BCUT2D eigenvalue weighted by Crippen LogP contribution is 2.22. The van der Waals surface area contributed by atoms with Crippen LogP contribution in [0.5, 0.6) is 0 Å². The third-order valence-corrected chi connectivity index (χ3v) is 3.03. The van der Waals surface area contributed by atoms with Crippen molar-refractivity contribution in [2.24, 2.45) is 5.92 Å². The molecule has 19 heavy (non-hydrogen) atoms. The van der Waals surface area contributed by atoms with E-state index in [-0.39, 0.29) is 19.5 Å². The number of carboxylic acids is 1. The monoisotopic (exact) mass is 282 g/mol. The lowest BCUT2D eigenvalue weighted by atomic mass is 10.1. The second-order valence-corrected chi connectivity index (χ2v) is 4.89. The van der Waals surface area contributed by atoms with Gasteiger partial charge in [-0.2, -0.15) is 13.2 Å². The zero-order valence-electron chi connectivity index (χ0n) is 10.8. The minimum atomic E-state index is -4.47. The maximum atomic E-state index is 12.4. The van der Waals surface area contributed by atoms with Gasteiger partial charge in [-0.25, -0.2) is 4.79 Å². The van der Waals surface area contributed by atoms with Crippen LogP contribution >= 0.6 is 0 Å². The zero-order chi connectivity index (χ0) is 14.8. The number of carbonyl (C=O) groups excluding carboxylic acids is 1. The van der Waals surface area contributed by atoms with Crippen molar-refractivity contribution >= 4 is 12.0 Å². The lowest BCUT2D eigenvalue weighted by Gasteiger charge is -2.31. The molecule has 1 heterocycles. The number of nitrogens with zero attached hydrogens (tertiary/aromatic N) is 2. The van der Waals surface area contributed by atoms with E-state index in [1.54, 1.807) is 0 Å². The number of aliphatic carboxylic acids is 1. The summed E-state index contributed by atoms with van der Waals surface area (Å²) in [5.74, 6) is -1.72. The Morgan fingerprint density at radius 2 is 2.00 bits per heavy atom. The van der Waals surface area contributed by atoms with Crippen LogP contribution in [0.4, 0.5) is 18.0 Å². The Kier molecular flexibility index (Phi) is 4.65. The van der Waals surface area contributed by atoms with Crippen molar-refractivity contribution in [3.05, 3.63) is 0 Å². The number of carboxylic acid groups (broad SMARTS) is 1. The molecule has 1 aliphatic heterocycles. The molecule has 0 saturated carbocycles. The first-order chi connectivity index (χ1) is 8.61. The van der Waals surface area contributed by atoms with Gasteiger partial charge in [0, 0.05) is 19.1 Å². The molecular formula is C11H17F3N2O3. The average Bonchev–Trinajstić information content (AvgIpc) is 2.72. The summed E-state index contributed by atoms with van der Waals surface area (Å²) < 4.78 is 37.2. The highest BCUT2D eigenvalue weighted by atomic mass is 19.4. The first-order valence-corrected chi connectivity index (χ1v) is 5.97. The van der Waals surface area contributed by atoms with Crippen molar-refractivity contribution in [1.29, 1.82) is 0 Å². The van der Waals surface area contributed by atoms with E-state index < -0.39 is 36.7 Å². The molecule has 0 aromatic carbocycles. The first-order valence-electron chi connectivity index (χ1n) is 5.97. The quantitative estimate of drug-likeness (QED) is 0.858. The second kappa shape index (κ2) is 5.66. The molecule has 1 N–H and O–H groups in total. The standard InChI is InChI=1S/C11H17F3N2O3/c1-7(2)16(6-11(12,13)14)10(19)15-4-3-8(5-15)9(17)18/h7-8H,3-6H2,1-2H3,(H,17,18). The van der Waals surface area contributed by atoms with Gasteiger partial charge in [0.25, 0.3) is 0 Å². The molecule has 0 aromatic rings. The number of rotatable bonds is 3. The molecular weight excluding hydrogens is 265 g/mol. The predicted octanol–water partition coefficient (Wildman–Crippen LogP) is 1.79. The Balaban J connectivity index is 2.71. The van der Waals surface area contributed by atoms with Gasteiger partial charge in [-0.3, -0.25) is 4.79 Å². The summed E-state index contributed by atoms with van der Waals surface area (Å²) in [6.07, 6.45) is -4.19. The van der Waals surface area contributed by atoms with Crippen molar-refractivity contribution in [2.75, 3.05) is 19.6 Å². The zero-order valence-corrected chi connectivity index (χ0v) is 10.8. The smallest absolute Gasteiger partial charge is 0.406 e. The van der Waals surface area contributed by atoms with Crippen LogP contribution in [0.25, 0.3) is 0 Å². The molecule has 1 unspecified atom stereocenters. The summed E-state index contributed by atoms with van der Waals surface area (Å²) in [6, 6.07) is -1.35. The molecule has 0 aromatic heterocycles. The second-order valence-electron chi connectivity index (χ2n) is 4.89. The van der Waals surface area contributed by atoms with E-state index in [2.05, 4.69) is 0 Å². The fourth-order valence-corrected chi connectivity index (χ4v) is 1.98. The topological polar surface area (TPSA) is 60.9 Å². The Hall–Kier alpha value is -1.47. The van der Waals surface area contributed by atoms with E-state index >= 15 is 0 Å². The lowest BCUT2D eigenvalue weighted by molar-refractivity contribution is -0.144. The SMILES string of the molecule is CC(C)N(CC(F)(F)F)C(=O)N1CCC(C(=O)O)C1. The minimum Gasteiger partial charge on any atom is -0.481 e. The van der Waals surface area contributed by atoms with Crippen LogP contribution in [-0.2, 0) is 4.79 Å². The first kappa shape index (κ1) is 15.6. The van der Waals surface area contributed by atoms with Crippen molar-refractivity contribution in [3.63, 3.8) is 0 Å². The molecule has 0 aliphatic carbocycles. The Morgan fingerprint density at radius 1 is 1.42 bits per heavy atom. The summed E-state index contributed by atoms with van der Waals surface area (Å²) in [5, 5.41) is 8.82. The predicted molar refractivity (Wildman–Crippen MR) is 60.6 cm³/mol. The van der Waals surface area contributed by atoms with Gasteiger partial charge in [-0.15, -0.1) is 0 Å². The third kappa shape index (κ3) is 4.29. The minimum absolute atomic E-state index is 0.0325. The maximum Gasteiger partial charge on any atom is 0.406 e. The van der Waals surface area contributed by atoms with Crippen LogP contribution in [0.2, 0.25) is 0 Å². The van der Waals surface area contributed by atoms with Crippen molar-refractivity contribution < 1.29 is 27.9 Å². The van der Waals surface area contributed by atoms with Crippen molar-refractivity contribution in [1.82, 2.24) is 9.80 Å².